The van der Waals surface area contributed by atoms with Crippen LogP contribution >= 0.6 is 24.0 Å². The van der Waals surface area contributed by atoms with Gasteiger partial charge in [-0.05, 0) is 61.7 Å². The Hall–Kier alpha value is -2.00. The van der Waals surface area contributed by atoms with Crippen molar-refractivity contribution in [1.82, 2.24) is 15.5 Å². The number of benzene rings is 2. The van der Waals surface area contributed by atoms with E-state index in [4.69, 9.17) is 4.74 Å². The Labute approximate surface area is 210 Å². The number of hydrogen-bond acceptors (Lipinski definition) is 4. The average molecular weight is 552 g/mol. The summed E-state index contributed by atoms with van der Waals surface area (Å²) >= 11 is 0. The molecule has 0 bridgehead atoms. The van der Waals surface area contributed by atoms with Gasteiger partial charge in [0.2, 0.25) is 0 Å². The number of nitrogens with one attached hydrogen (secondary N) is 2. The first kappa shape index (κ1) is 26.3. The van der Waals surface area contributed by atoms with Crippen LogP contribution in [-0.2, 0) is 6.54 Å². The van der Waals surface area contributed by atoms with Crippen LogP contribution in [0.25, 0.3) is 0 Å². The molecule has 2 N–H and O–H groups in total. The van der Waals surface area contributed by atoms with E-state index in [0.717, 1.165) is 57.4 Å². The van der Waals surface area contributed by atoms with Gasteiger partial charge in [0.15, 0.2) is 5.96 Å². The third-order valence-electron chi connectivity index (χ3n) is 5.75. The molecule has 0 aliphatic carbocycles. The Morgan fingerprint density at radius 1 is 1.00 bits per heavy atom. The van der Waals surface area contributed by atoms with Crippen molar-refractivity contribution < 1.29 is 4.74 Å². The zero-order valence-electron chi connectivity index (χ0n) is 19.6. The van der Waals surface area contributed by atoms with Crippen molar-refractivity contribution in [2.75, 3.05) is 58.3 Å². The monoisotopic (exact) mass is 551 g/mol. The van der Waals surface area contributed by atoms with E-state index in [2.05, 4.69) is 62.7 Å². The van der Waals surface area contributed by atoms with Crippen molar-refractivity contribution in [2.24, 2.45) is 4.99 Å². The maximum Gasteiger partial charge on any atom is 0.191 e. The molecule has 0 radical (unpaired) electrons. The van der Waals surface area contributed by atoms with Gasteiger partial charge in [0, 0.05) is 52.0 Å². The summed E-state index contributed by atoms with van der Waals surface area (Å²) in [5, 5.41) is 6.79. The second kappa shape index (κ2) is 14.2. The smallest absolute Gasteiger partial charge is 0.191 e. The number of aliphatic imine (C=N–C) groups is 1. The van der Waals surface area contributed by atoms with Gasteiger partial charge < -0.3 is 20.3 Å². The minimum Gasteiger partial charge on any atom is -0.497 e. The lowest BCUT2D eigenvalue weighted by Crippen LogP contribution is -2.46. The Morgan fingerprint density at radius 3 is 2.50 bits per heavy atom. The highest BCUT2D eigenvalue weighted by Crippen LogP contribution is 2.18. The number of unbranched alkanes of at least 4 members (excludes halogenated alkanes) is 1. The molecule has 1 aliphatic heterocycles. The third-order valence-corrected chi connectivity index (χ3v) is 5.75. The largest absolute Gasteiger partial charge is 0.497 e. The number of rotatable bonds is 9. The molecule has 2 aromatic carbocycles. The van der Waals surface area contributed by atoms with Gasteiger partial charge in [0.1, 0.15) is 5.75 Å². The third kappa shape index (κ3) is 8.50. The van der Waals surface area contributed by atoms with Crippen LogP contribution in [0, 0.1) is 6.92 Å². The van der Waals surface area contributed by atoms with Gasteiger partial charge in [0.05, 0.1) is 7.11 Å². The summed E-state index contributed by atoms with van der Waals surface area (Å²) in [6.45, 7) is 9.50. The van der Waals surface area contributed by atoms with Gasteiger partial charge in [-0.3, -0.25) is 9.89 Å². The molecule has 0 aromatic heterocycles. The highest BCUT2D eigenvalue weighted by atomic mass is 127. The van der Waals surface area contributed by atoms with E-state index in [1.165, 1.54) is 29.8 Å². The number of ether oxygens (including phenoxy) is 1. The SMILES string of the molecule is CN=C(NCCCCN1CCN(c2cccc(C)c2)CC1)NCc1cccc(OC)c1.I. The van der Waals surface area contributed by atoms with Crippen LogP contribution < -0.4 is 20.3 Å². The van der Waals surface area contributed by atoms with Crippen LogP contribution in [0.4, 0.5) is 5.69 Å². The van der Waals surface area contributed by atoms with Crippen LogP contribution in [0.15, 0.2) is 53.5 Å². The summed E-state index contributed by atoms with van der Waals surface area (Å²) in [5.41, 5.74) is 3.86. The maximum absolute atomic E-state index is 5.28. The number of nitrogens with zero attached hydrogens (tertiary/aromatic N) is 3. The normalized spacial score (nSPS) is 14.6. The summed E-state index contributed by atoms with van der Waals surface area (Å²) in [6, 6.07) is 16.9. The highest BCUT2D eigenvalue weighted by molar-refractivity contribution is 14.0. The van der Waals surface area contributed by atoms with Gasteiger partial charge in [-0.1, -0.05) is 24.3 Å². The second-order valence-corrected chi connectivity index (χ2v) is 8.08. The number of guanidine groups is 1. The second-order valence-electron chi connectivity index (χ2n) is 8.08. The Morgan fingerprint density at radius 2 is 1.78 bits per heavy atom. The van der Waals surface area contributed by atoms with Crippen molar-refractivity contribution in [3.8, 4) is 5.75 Å². The minimum atomic E-state index is 0. The lowest BCUT2D eigenvalue weighted by molar-refractivity contribution is 0.253. The van der Waals surface area contributed by atoms with Crippen LogP contribution in [0.5, 0.6) is 5.75 Å². The van der Waals surface area contributed by atoms with Crippen molar-refractivity contribution in [2.45, 2.75) is 26.3 Å². The molecule has 0 spiro atoms. The van der Waals surface area contributed by atoms with Gasteiger partial charge in [-0.15, -0.1) is 24.0 Å². The quantitative estimate of drug-likeness (QED) is 0.215. The van der Waals surface area contributed by atoms with Crippen LogP contribution in [0.1, 0.15) is 24.0 Å². The number of methoxy groups -OCH3 is 1. The van der Waals surface area contributed by atoms with E-state index in [-0.39, 0.29) is 24.0 Å². The standard InChI is InChI=1S/C25H37N5O.HI/c1-21-8-6-10-23(18-21)30-16-14-29(15-17-30)13-5-4-12-27-25(26-2)28-20-22-9-7-11-24(19-22)31-3;/h6-11,18-19H,4-5,12-17,20H2,1-3H3,(H2,26,27,28);1H. The van der Waals surface area contributed by atoms with Gasteiger partial charge in [-0.25, -0.2) is 0 Å². The minimum absolute atomic E-state index is 0. The molecule has 176 valence electrons. The predicted molar refractivity (Wildman–Crippen MR) is 146 cm³/mol. The number of halogens is 1. The topological polar surface area (TPSA) is 52.1 Å². The number of anilines is 1. The first-order chi connectivity index (χ1) is 15.2. The zero-order chi connectivity index (χ0) is 21.9. The fourth-order valence-electron chi connectivity index (χ4n) is 3.91. The van der Waals surface area contributed by atoms with Crippen molar-refractivity contribution in [1.29, 1.82) is 0 Å². The molecule has 0 unspecified atom stereocenters. The average Bonchev–Trinajstić information content (AvgIpc) is 2.81. The summed E-state index contributed by atoms with van der Waals surface area (Å²) in [5.74, 6) is 1.72. The van der Waals surface area contributed by atoms with Crippen molar-refractivity contribution in [3.63, 3.8) is 0 Å². The molecular weight excluding hydrogens is 513 g/mol. The van der Waals surface area contributed by atoms with Gasteiger partial charge in [-0.2, -0.15) is 0 Å². The molecule has 7 heteroatoms. The predicted octanol–water partition coefficient (Wildman–Crippen LogP) is 3.89. The molecular formula is C25H38IN5O. The summed E-state index contributed by atoms with van der Waals surface area (Å²) in [6.07, 6.45) is 2.34. The van der Waals surface area contributed by atoms with E-state index in [9.17, 15) is 0 Å². The molecule has 6 nitrogen and oxygen atoms in total. The van der Waals surface area contributed by atoms with Crippen LogP contribution in [0.2, 0.25) is 0 Å². The molecule has 2 aromatic rings. The molecule has 0 atom stereocenters. The molecule has 0 amide bonds. The van der Waals surface area contributed by atoms with Crippen LogP contribution in [-0.4, -0.2) is 64.3 Å². The van der Waals surface area contributed by atoms with Crippen LogP contribution in [0.3, 0.4) is 0 Å². The zero-order valence-corrected chi connectivity index (χ0v) is 22.0. The van der Waals surface area contributed by atoms with Gasteiger partial charge >= 0.3 is 0 Å². The van der Waals surface area contributed by atoms with E-state index in [0.29, 0.717) is 0 Å². The maximum atomic E-state index is 5.28. The number of aryl methyl sites for hydroxylation is 1. The molecule has 1 aliphatic rings. The summed E-state index contributed by atoms with van der Waals surface area (Å²) < 4.78 is 5.28. The molecule has 0 saturated carbocycles. The summed E-state index contributed by atoms with van der Waals surface area (Å²) in [7, 11) is 3.51. The first-order valence-electron chi connectivity index (χ1n) is 11.3. The molecule has 1 saturated heterocycles. The Bertz CT molecular complexity index is 837. The Balaban J connectivity index is 0.00000363. The van der Waals surface area contributed by atoms with Crippen molar-refractivity contribution in [3.05, 3.63) is 59.7 Å². The van der Waals surface area contributed by atoms with E-state index in [1.54, 1.807) is 7.11 Å². The number of piperazine rings is 1. The molecule has 3 rings (SSSR count). The lowest BCUT2D eigenvalue weighted by Gasteiger charge is -2.36. The molecule has 1 heterocycles. The first-order valence-corrected chi connectivity index (χ1v) is 11.3. The molecule has 32 heavy (non-hydrogen) atoms. The fourth-order valence-corrected chi connectivity index (χ4v) is 3.91. The van der Waals surface area contributed by atoms with E-state index >= 15 is 0 Å². The van der Waals surface area contributed by atoms with Gasteiger partial charge in [0.25, 0.3) is 0 Å². The number of hydrogen-bond donors (Lipinski definition) is 2. The van der Waals surface area contributed by atoms with Crippen molar-refractivity contribution >= 4 is 35.6 Å². The fraction of sp³-hybridized carbons (Fsp3) is 0.480. The van der Waals surface area contributed by atoms with E-state index < -0.39 is 0 Å². The lowest BCUT2D eigenvalue weighted by atomic mass is 10.2. The highest BCUT2D eigenvalue weighted by Gasteiger charge is 2.16. The van der Waals surface area contributed by atoms with E-state index in [1.807, 2.05) is 25.2 Å². The Kier molecular flexibility index (Phi) is 11.7. The summed E-state index contributed by atoms with van der Waals surface area (Å²) in [4.78, 5) is 9.41. The molecule has 1 fully saturated rings.